The van der Waals surface area contributed by atoms with Gasteiger partial charge < -0.3 is 33.9 Å². The molecular weight excluding hydrogens is 334 g/mol. The number of nitriles is 1. The van der Waals surface area contributed by atoms with Crippen LogP contribution in [0, 0.1) is 11.3 Å². The topological polar surface area (TPSA) is 127 Å². The minimum absolute atomic E-state index is 0.0160. The SMILES string of the molecule is COCCOc1cc(C(O)(OC)C(=O)O)cc(C#N)c1OCCOC. The van der Waals surface area contributed by atoms with Gasteiger partial charge in [0.2, 0.25) is 0 Å². The Labute approximate surface area is 145 Å². The molecule has 9 nitrogen and oxygen atoms in total. The lowest BCUT2D eigenvalue weighted by Gasteiger charge is -2.24. The van der Waals surface area contributed by atoms with Crippen molar-refractivity contribution in [3.63, 3.8) is 0 Å². The minimum Gasteiger partial charge on any atom is -0.487 e. The lowest BCUT2D eigenvalue weighted by atomic mass is 10.0. The van der Waals surface area contributed by atoms with Crippen LogP contribution in [0.2, 0.25) is 0 Å². The molecule has 0 radical (unpaired) electrons. The molecule has 1 unspecified atom stereocenters. The maximum Gasteiger partial charge on any atom is 0.369 e. The van der Waals surface area contributed by atoms with Crippen molar-refractivity contribution in [1.29, 1.82) is 5.26 Å². The van der Waals surface area contributed by atoms with Crippen LogP contribution in [0.25, 0.3) is 0 Å². The van der Waals surface area contributed by atoms with E-state index in [0.717, 1.165) is 7.11 Å². The molecule has 25 heavy (non-hydrogen) atoms. The van der Waals surface area contributed by atoms with Crippen LogP contribution in [0.5, 0.6) is 11.5 Å². The summed E-state index contributed by atoms with van der Waals surface area (Å²) >= 11 is 0. The molecule has 0 aliphatic carbocycles. The summed E-state index contributed by atoms with van der Waals surface area (Å²) in [5.41, 5.74) is -0.191. The molecule has 0 aliphatic heterocycles. The first kappa shape index (κ1) is 20.7. The molecule has 0 amide bonds. The molecular formula is C16H21NO8. The summed E-state index contributed by atoms with van der Waals surface area (Å²) in [5.74, 6) is -4.06. The van der Waals surface area contributed by atoms with Crippen molar-refractivity contribution in [3.8, 4) is 17.6 Å². The highest BCUT2D eigenvalue weighted by atomic mass is 16.6. The van der Waals surface area contributed by atoms with E-state index in [1.54, 1.807) is 0 Å². The molecule has 2 N–H and O–H groups in total. The van der Waals surface area contributed by atoms with Gasteiger partial charge in [-0.15, -0.1) is 0 Å². The van der Waals surface area contributed by atoms with Crippen LogP contribution >= 0.6 is 0 Å². The Hall–Kier alpha value is -2.38. The van der Waals surface area contributed by atoms with Crippen molar-refractivity contribution >= 4 is 5.97 Å². The summed E-state index contributed by atoms with van der Waals surface area (Å²) in [7, 11) is 4.03. The summed E-state index contributed by atoms with van der Waals surface area (Å²) in [6, 6.07) is 4.31. The van der Waals surface area contributed by atoms with E-state index in [1.807, 2.05) is 6.07 Å². The Morgan fingerprint density at radius 1 is 1.12 bits per heavy atom. The van der Waals surface area contributed by atoms with Gasteiger partial charge in [-0.3, -0.25) is 0 Å². The third-order valence-electron chi connectivity index (χ3n) is 3.23. The van der Waals surface area contributed by atoms with Gasteiger partial charge in [0.15, 0.2) is 11.5 Å². The van der Waals surface area contributed by atoms with Crippen LogP contribution < -0.4 is 9.47 Å². The third-order valence-corrected chi connectivity index (χ3v) is 3.23. The Bertz CT molecular complexity index is 627. The summed E-state index contributed by atoms with van der Waals surface area (Å²) < 4.78 is 25.5. The smallest absolute Gasteiger partial charge is 0.369 e. The van der Waals surface area contributed by atoms with Gasteiger partial charge in [0.1, 0.15) is 19.3 Å². The average Bonchev–Trinajstić information content (AvgIpc) is 2.61. The predicted octanol–water partition coefficient (Wildman–Crippen LogP) is 0.485. The predicted molar refractivity (Wildman–Crippen MR) is 84.4 cm³/mol. The van der Waals surface area contributed by atoms with E-state index in [2.05, 4.69) is 0 Å². The number of ether oxygens (including phenoxy) is 5. The summed E-state index contributed by atoms with van der Waals surface area (Å²) in [6.07, 6.45) is 0. The van der Waals surface area contributed by atoms with Crippen molar-refractivity contribution in [3.05, 3.63) is 23.3 Å². The second-order valence-corrected chi connectivity index (χ2v) is 4.80. The first-order valence-electron chi connectivity index (χ1n) is 7.27. The molecule has 0 spiro atoms. The second kappa shape index (κ2) is 9.80. The summed E-state index contributed by atoms with van der Waals surface area (Å²) in [5, 5.41) is 28.8. The number of nitrogens with zero attached hydrogens (tertiary/aromatic N) is 1. The monoisotopic (exact) mass is 355 g/mol. The van der Waals surface area contributed by atoms with Crippen molar-refractivity contribution < 1.29 is 38.7 Å². The zero-order valence-electron chi connectivity index (χ0n) is 14.3. The van der Waals surface area contributed by atoms with E-state index in [0.29, 0.717) is 0 Å². The summed E-state index contributed by atoms with van der Waals surface area (Å²) in [6.45, 7) is 0.820. The molecule has 0 saturated carbocycles. The van der Waals surface area contributed by atoms with Gasteiger partial charge in [-0.25, -0.2) is 4.79 Å². The van der Waals surface area contributed by atoms with Crippen LogP contribution in [0.15, 0.2) is 12.1 Å². The molecule has 0 aliphatic rings. The van der Waals surface area contributed by atoms with Gasteiger partial charge in [-0.1, -0.05) is 0 Å². The van der Waals surface area contributed by atoms with Crippen LogP contribution in [0.3, 0.4) is 0 Å². The lowest BCUT2D eigenvalue weighted by molar-refractivity contribution is -0.219. The number of carbonyl (C=O) groups is 1. The van der Waals surface area contributed by atoms with Crippen molar-refractivity contribution in [1.82, 2.24) is 0 Å². The maximum atomic E-state index is 11.4. The van der Waals surface area contributed by atoms with Crippen molar-refractivity contribution in [2.45, 2.75) is 5.79 Å². The van der Waals surface area contributed by atoms with E-state index < -0.39 is 11.8 Å². The van der Waals surface area contributed by atoms with Gasteiger partial charge in [0.05, 0.1) is 18.8 Å². The van der Waals surface area contributed by atoms with E-state index in [1.165, 1.54) is 26.4 Å². The first-order valence-corrected chi connectivity index (χ1v) is 7.27. The maximum absolute atomic E-state index is 11.4. The minimum atomic E-state index is -2.63. The number of methoxy groups -OCH3 is 3. The largest absolute Gasteiger partial charge is 0.487 e. The highest BCUT2D eigenvalue weighted by Crippen LogP contribution is 2.37. The molecule has 9 heteroatoms. The van der Waals surface area contributed by atoms with E-state index in [9.17, 15) is 20.3 Å². The number of hydrogen-bond acceptors (Lipinski definition) is 8. The Balaban J connectivity index is 3.36. The lowest BCUT2D eigenvalue weighted by Crippen LogP contribution is -2.37. The van der Waals surface area contributed by atoms with Crippen molar-refractivity contribution in [2.24, 2.45) is 0 Å². The molecule has 138 valence electrons. The number of aliphatic hydroxyl groups is 1. The number of hydrogen-bond donors (Lipinski definition) is 2. The molecule has 0 heterocycles. The molecule has 0 fully saturated rings. The van der Waals surface area contributed by atoms with E-state index in [-0.39, 0.29) is 49.1 Å². The number of aliphatic carboxylic acids is 1. The average molecular weight is 355 g/mol. The zero-order valence-corrected chi connectivity index (χ0v) is 14.3. The van der Waals surface area contributed by atoms with Crippen LogP contribution in [-0.4, -0.2) is 63.9 Å². The Morgan fingerprint density at radius 2 is 1.72 bits per heavy atom. The molecule has 1 aromatic rings. The molecule has 1 rings (SSSR count). The fourth-order valence-electron chi connectivity index (χ4n) is 1.93. The quantitative estimate of drug-likeness (QED) is 0.430. The number of rotatable bonds is 11. The fraction of sp³-hybridized carbons (Fsp3) is 0.500. The van der Waals surface area contributed by atoms with Crippen molar-refractivity contribution in [2.75, 3.05) is 47.8 Å². The Morgan fingerprint density at radius 3 is 2.20 bits per heavy atom. The normalized spacial score (nSPS) is 12.9. The van der Waals surface area contributed by atoms with Gasteiger partial charge in [0.25, 0.3) is 5.79 Å². The molecule has 0 bridgehead atoms. The molecule has 0 saturated heterocycles. The number of benzene rings is 1. The number of carboxylic acid groups (broad SMARTS) is 1. The highest BCUT2D eigenvalue weighted by Gasteiger charge is 2.40. The van der Waals surface area contributed by atoms with Gasteiger partial charge in [-0.2, -0.15) is 5.26 Å². The highest BCUT2D eigenvalue weighted by molar-refractivity contribution is 5.78. The van der Waals surface area contributed by atoms with Gasteiger partial charge in [0, 0.05) is 26.9 Å². The molecule has 1 aromatic carbocycles. The Kier molecular flexibility index (Phi) is 8.10. The fourth-order valence-corrected chi connectivity index (χ4v) is 1.93. The summed E-state index contributed by atoms with van der Waals surface area (Å²) in [4.78, 5) is 11.4. The van der Waals surface area contributed by atoms with Gasteiger partial charge >= 0.3 is 5.97 Å². The standard InChI is InChI=1S/C16H21NO8/c1-21-4-6-24-13-9-12(16(20,23-3)15(18)19)8-11(10-17)14(13)25-7-5-22-2/h8-9,20H,4-7H2,1-3H3,(H,18,19). The number of carboxylic acids is 1. The van der Waals surface area contributed by atoms with Crippen LogP contribution in [0.1, 0.15) is 11.1 Å². The first-order chi connectivity index (χ1) is 11.9. The third kappa shape index (κ3) is 5.04. The van der Waals surface area contributed by atoms with Crippen LogP contribution in [-0.2, 0) is 24.8 Å². The second-order valence-electron chi connectivity index (χ2n) is 4.80. The van der Waals surface area contributed by atoms with Crippen LogP contribution in [0.4, 0.5) is 0 Å². The zero-order chi connectivity index (χ0) is 18.9. The van der Waals surface area contributed by atoms with E-state index in [4.69, 9.17) is 23.7 Å². The van der Waals surface area contributed by atoms with E-state index >= 15 is 0 Å². The van der Waals surface area contributed by atoms with Gasteiger partial charge in [-0.05, 0) is 12.1 Å². The molecule has 0 aromatic heterocycles. The molecule has 1 atom stereocenters.